The van der Waals surface area contributed by atoms with Gasteiger partial charge >= 0.3 is 0 Å². The van der Waals surface area contributed by atoms with Crippen molar-refractivity contribution in [2.75, 3.05) is 18.4 Å². The highest BCUT2D eigenvalue weighted by atomic mass is 32.2. The standard InChI is InChI=1S/C22H23N3O3S/c26-22(24-20-12-6-8-17-10-7-13-23-21(17)20)18-9-5-11-19(16-18)29(27,28)25-14-3-1-2-4-15-25/h5-13,16H,1-4,14-15H2,(H,24,26). The number of hydrogen-bond acceptors (Lipinski definition) is 4. The lowest BCUT2D eigenvalue weighted by molar-refractivity contribution is 0.102. The molecule has 7 heteroatoms. The summed E-state index contributed by atoms with van der Waals surface area (Å²) in [5, 5.41) is 3.78. The number of nitrogens with one attached hydrogen (secondary N) is 1. The SMILES string of the molecule is O=C(Nc1cccc2cccnc12)c1cccc(S(=O)(=O)N2CCCCCC2)c1. The summed E-state index contributed by atoms with van der Waals surface area (Å²) in [7, 11) is -3.61. The molecule has 150 valence electrons. The molecular weight excluding hydrogens is 386 g/mol. The molecule has 0 saturated carbocycles. The lowest BCUT2D eigenvalue weighted by Gasteiger charge is -2.20. The molecule has 1 aromatic heterocycles. The first-order valence-electron chi connectivity index (χ1n) is 9.81. The van der Waals surface area contributed by atoms with Gasteiger partial charge in [0, 0.05) is 30.2 Å². The number of amides is 1. The molecule has 1 N–H and O–H groups in total. The fraction of sp³-hybridized carbons (Fsp3) is 0.273. The van der Waals surface area contributed by atoms with Gasteiger partial charge in [-0.05, 0) is 43.2 Å². The minimum atomic E-state index is -3.61. The molecule has 2 aromatic carbocycles. The highest BCUT2D eigenvalue weighted by Gasteiger charge is 2.25. The Morgan fingerprint density at radius 3 is 2.45 bits per heavy atom. The zero-order valence-corrected chi connectivity index (χ0v) is 16.9. The van der Waals surface area contributed by atoms with Crippen LogP contribution in [0, 0.1) is 0 Å². The van der Waals surface area contributed by atoms with E-state index in [0.717, 1.165) is 31.1 Å². The van der Waals surface area contributed by atoms with Gasteiger partial charge in [0.05, 0.1) is 16.1 Å². The first-order chi connectivity index (χ1) is 14.1. The second kappa shape index (κ2) is 8.31. The van der Waals surface area contributed by atoms with Crippen LogP contribution in [0.25, 0.3) is 10.9 Å². The van der Waals surface area contributed by atoms with Gasteiger partial charge in [-0.25, -0.2) is 8.42 Å². The number of fused-ring (bicyclic) bond motifs is 1. The summed E-state index contributed by atoms with van der Waals surface area (Å²) in [6.07, 6.45) is 5.51. The summed E-state index contributed by atoms with van der Waals surface area (Å²) >= 11 is 0. The fourth-order valence-electron chi connectivity index (χ4n) is 3.63. The minimum Gasteiger partial charge on any atom is -0.320 e. The molecule has 0 spiro atoms. The van der Waals surface area contributed by atoms with Crippen molar-refractivity contribution >= 4 is 32.5 Å². The van der Waals surface area contributed by atoms with Crippen molar-refractivity contribution in [3.8, 4) is 0 Å². The Hall–Kier alpha value is -2.77. The van der Waals surface area contributed by atoms with E-state index in [-0.39, 0.29) is 10.8 Å². The van der Waals surface area contributed by atoms with Crippen LogP contribution in [0.5, 0.6) is 0 Å². The molecule has 6 nitrogen and oxygen atoms in total. The van der Waals surface area contributed by atoms with E-state index in [4.69, 9.17) is 0 Å². The highest BCUT2D eigenvalue weighted by Crippen LogP contribution is 2.23. The number of benzene rings is 2. The van der Waals surface area contributed by atoms with Crippen molar-refractivity contribution in [3.63, 3.8) is 0 Å². The Bertz CT molecular complexity index is 1130. The van der Waals surface area contributed by atoms with Crippen LogP contribution in [0.4, 0.5) is 5.69 Å². The quantitative estimate of drug-likeness (QED) is 0.705. The normalized spacial score (nSPS) is 15.7. The number of pyridine rings is 1. The van der Waals surface area contributed by atoms with E-state index in [2.05, 4.69) is 10.3 Å². The van der Waals surface area contributed by atoms with Crippen LogP contribution in [0.1, 0.15) is 36.0 Å². The van der Waals surface area contributed by atoms with Crippen molar-refractivity contribution in [3.05, 3.63) is 66.4 Å². The van der Waals surface area contributed by atoms with Crippen molar-refractivity contribution < 1.29 is 13.2 Å². The second-order valence-electron chi connectivity index (χ2n) is 7.18. The molecule has 0 radical (unpaired) electrons. The average Bonchev–Trinajstić information content (AvgIpc) is 3.04. The molecule has 1 amide bonds. The molecule has 0 atom stereocenters. The smallest absolute Gasteiger partial charge is 0.255 e. The van der Waals surface area contributed by atoms with Crippen molar-refractivity contribution in [2.45, 2.75) is 30.6 Å². The first-order valence-corrected chi connectivity index (χ1v) is 11.2. The Morgan fingerprint density at radius 2 is 1.66 bits per heavy atom. The first kappa shape index (κ1) is 19.5. The third-order valence-electron chi connectivity index (χ3n) is 5.18. The van der Waals surface area contributed by atoms with Gasteiger partial charge in [0.1, 0.15) is 0 Å². The van der Waals surface area contributed by atoms with Gasteiger partial charge in [-0.3, -0.25) is 9.78 Å². The molecular formula is C22H23N3O3S. The number of aromatic nitrogens is 1. The number of carbonyl (C=O) groups excluding carboxylic acids is 1. The molecule has 1 aliphatic heterocycles. The zero-order chi connectivity index (χ0) is 20.3. The Balaban J connectivity index is 1.60. The maximum atomic E-state index is 13.0. The maximum absolute atomic E-state index is 13.0. The van der Waals surface area contributed by atoms with Gasteiger partial charge in [0.25, 0.3) is 5.91 Å². The van der Waals surface area contributed by atoms with Crippen molar-refractivity contribution in [1.82, 2.24) is 9.29 Å². The Labute approximate surface area is 170 Å². The summed E-state index contributed by atoms with van der Waals surface area (Å²) in [4.78, 5) is 17.3. The third kappa shape index (κ3) is 4.16. The monoisotopic (exact) mass is 409 g/mol. The van der Waals surface area contributed by atoms with Crippen molar-refractivity contribution in [1.29, 1.82) is 0 Å². The zero-order valence-electron chi connectivity index (χ0n) is 16.0. The van der Waals surface area contributed by atoms with Crippen LogP contribution in [-0.4, -0.2) is 36.7 Å². The Morgan fingerprint density at radius 1 is 0.931 bits per heavy atom. The molecule has 3 aromatic rings. The third-order valence-corrected chi connectivity index (χ3v) is 7.07. The van der Waals surface area contributed by atoms with Crippen LogP contribution in [-0.2, 0) is 10.0 Å². The van der Waals surface area contributed by atoms with Crippen LogP contribution < -0.4 is 5.32 Å². The van der Waals surface area contributed by atoms with E-state index in [1.165, 1.54) is 10.4 Å². The summed E-state index contributed by atoms with van der Waals surface area (Å²) in [5.74, 6) is -0.365. The van der Waals surface area contributed by atoms with Gasteiger partial charge < -0.3 is 5.32 Å². The molecule has 2 heterocycles. The molecule has 1 fully saturated rings. The number of carbonyl (C=O) groups is 1. The highest BCUT2D eigenvalue weighted by molar-refractivity contribution is 7.89. The maximum Gasteiger partial charge on any atom is 0.255 e. The largest absolute Gasteiger partial charge is 0.320 e. The van der Waals surface area contributed by atoms with Crippen molar-refractivity contribution in [2.24, 2.45) is 0 Å². The Kier molecular flexibility index (Phi) is 5.60. The lowest BCUT2D eigenvalue weighted by atomic mass is 10.1. The van der Waals surface area contributed by atoms with E-state index >= 15 is 0 Å². The van der Waals surface area contributed by atoms with Crippen LogP contribution in [0.2, 0.25) is 0 Å². The van der Waals surface area contributed by atoms with E-state index in [1.807, 2.05) is 24.3 Å². The van der Waals surface area contributed by atoms with E-state index in [0.29, 0.717) is 29.9 Å². The van der Waals surface area contributed by atoms with E-state index in [1.54, 1.807) is 30.5 Å². The van der Waals surface area contributed by atoms with Crippen LogP contribution in [0.15, 0.2) is 65.7 Å². The van der Waals surface area contributed by atoms with Crippen LogP contribution in [0.3, 0.4) is 0 Å². The van der Waals surface area contributed by atoms with Crippen LogP contribution >= 0.6 is 0 Å². The molecule has 29 heavy (non-hydrogen) atoms. The van der Waals surface area contributed by atoms with E-state index < -0.39 is 10.0 Å². The number of rotatable bonds is 4. The minimum absolute atomic E-state index is 0.156. The summed E-state index contributed by atoms with van der Waals surface area (Å²) in [6, 6.07) is 15.6. The average molecular weight is 410 g/mol. The number of nitrogens with zero attached hydrogens (tertiary/aromatic N) is 2. The lowest BCUT2D eigenvalue weighted by Crippen LogP contribution is -2.32. The summed E-state index contributed by atoms with van der Waals surface area (Å²) in [5.41, 5.74) is 1.58. The van der Waals surface area contributed by atoms with Gasteiger partial charge in [-0.2, -0.15) is 4.31 Å². The summed E-state index contributed by atoms with van der Waals surface area (Å²) < 4.78 is 27.6. The number of hydrogen-bond donors (Lipinski definition) is 1. The molecule has 0 bridgehead atoms. The van der Waals surface area contributed by atoms with Gasteiger partial charge in [0.15, 0.2) is 0 Å². The number of anilines is 1. The fourth-order valence-corrected chi connectivity index (χ4v) is 5.19. The number of sulfonamides is 1. The predicted molar refractivity (Wildman–Crippen MR) is 113 cm³/mol. The molecule has 1 saturated heterocycles. The number of para-hydroxylation sites is 1. The molecule has 1 aliphatic rings. The van der Waals surface area contributed by atoms with E-state index in [9.17, 15) is 13.2 Å². The molecule has 0 aliphatic carbocycles. The van der Waals surface area contributed by atoms with Gasteiger partial charge in [0.2, 0.25) is 10.0 Å². The summed E-state index contributed by atoms with van der Waals surface area (Å²) in [6.45, 7) is 1.06. The van der Waals surface area contributed by atoms with Gasteiger partial charge in [-0.1, -0.05) is 37.1 Å². The molecule has 0 unspecified atom stereocenters. The van der Waals surface area contributed by atoms with Gasteiger partial charge in [-0.15, -0.1) is 0 Å². The predicted octanol–water partition coefficient (Wildman–Crippen LogP) is 4.05. The molecule has 4 rings (SSSR count). The topological polar surface area (TPSA) is 79.4 Å². The second-order valence-corrected chi connectivity index (χ2v) is 9.12.